The molecule has 7 nitrogen and oxygen atoms in total. The minimum atomic E-state index is -4.59. The summed E-state index contributed by atoms with van der Waals surface area (Å²) < 4.78 is 40.7. The number of hydrogen-bond acceptors (Lipinski definition) is 5. The molecule has 0 spiro atoms. The third-order valence-corrected chi connectivity index (χ3v) is 7.52. The number of alkyl halides is 3. The van der Waals surface area contributed by atoms with Crippen molar-refractivity contribution in [2.45, 2.75) is 38.9 Å². The van der Waals surface area contributed by atoms with E-state index in [0.29, 0.717) is 12.5 Å². The molecule has 0 unspecified atom stereocenters. The second kappa shape index (κ2) is 9.06. The molecule has 2 aromatic rings. The average Bonchev–Trinajstić information content (AvgIpc) is 3.43. The molecule has 4 heterocycles. The van der Waals surface area contributed by atoms with E-state index in [0.717, 1.165) is 55.1 Å². The smallest absolute Gasteiger partial charge is 0.369 e. The summed E-state index contributed by atoms with van der Waals surface area (Å²) in [7, 11) is 1.67. The number of benzene rings is 1. The second-order valence-corrected chi connectivity index (χ2v) is 10.1. The Kier molecular flexibility index (Phi) is 6.18. The minimum absolute atomic E-state index is 0. The standard InChI is InChI=1S/C26H30F3N5O2.H2/c1-15-5-4-6-20-23(15)33(13-17-7-8-30-12-17)14-18-10-22(35)34(24(18)25(36)32(20)3)21-11-19(26(27,28)29)9-16(2)31-21;/h4-6,9,11,17-18,24,30H,7-8,10,12-14H2,1-3H3;1H/t17-,18+,24-;/m0./s1. The number of aromatic nitrogens is 1. The Morgan fingerprint density at radius 2 is 1.97 bits per heavy atom. The van der Waals surface area contributed by atoms with Gasteiger partial charge in [0, 0.05) is 39.6 Å². The van der Waals surface area contributed by atoms with E-state index < -0.39 is 17.8 Å². The van der Waals surface area contributed by atoms with E-state index in [1.165, 1.54) is 11.8 Å². The molecule has 0 aliphatic carbocycles. The molecule has 1 aromatic heterocycles. The predicted octanol–water partition coefficient (Wildman–Crippen LogP) is 3.78. The molecule has 2 saturated heterocycles. The number of carbonyl (C=O) groups excluding carboxylic acids is 2. The van der Waals surface area contributed by atoms with E-state index in [-0.39, 0.29) is 37.1 Å². The maximum Gasteiger partial charge on any atom is 0.416 e. The van der Waals surface area contributed by atoms with E-state index in [1.54, 1.807) is 11.9 Å². The average molecular weight is 504 g/mol. The van der Waals surface area contributed by atoms with E-state index in [1.807, 2.05) is 25.1 Å². The molecule has 3 aliphatic rings. The summed E-state index contributed by atoms with van der Waals surface area (Å²) in [5.74, 6) is -0.790. The first-order valence-electron chi connectivity index (χ1n) is 12.3. The number of nitrogens with zero attached hydrogens (tertiary/aromatic N) is 4. The normalized spacial score (nSPS) is 24.6. The number of carbonyl (C=O) groups is 2. The van der Waals surface area contributed by atoms with Crippen LogP contribution in [0.5, 0.6) is 0 Å². The largest absolute Gasteiger partial charge is 0.416 e. The molecule has 0 saturated carbocycles. The van der Waals surface area contributed by atoms with Crippen molar-refractivity contribution in [2.24, 2.45) is 11.8 Å². The van der Waals surface area contributed by atoms with Crippen molar-refractivity contribution >= 4 is 29.0 Å². The molecule has 3 aliphatic heterocycles. The molecule has 2 fully saturated rings. The Hall–Kier alpha value is -3.14. The molecule has 3 atom stereocenters. The van der Waals surface area contributed by atoms with E-state index >= 15 is 0 Å². The van der Waals surface area contributed by atoms with Crippen LogP contribution < -0.4 is 20.0 Å². The summed E-state index contributed by atoms with van der Waals surface area (Å²) in [4.78, 5) is 36.4. The highest BCUT2D eigenvalue weighted by atomic mass is 19.4. The molecule has 2 amide bonds. The number of amides is 2. The van der Waals surface area contributed by atoms with Gasteiger partial charge in [-0.2, -0.15) is 13.2 Å². The molecule has 36 heavy (non-hydrogen) atoms. The van der Waals surface area contributed by atoms with Crippen molar-refractivity contribution in [2.75, 3.05) is 47.9 Å². The number of nitrogens with one attached hydrogen (secondary N) is 1. The number of likely N-dealkylation sites (N-methyl/N-ethyl adjacent to an activating group) is 1. The first kappa shape index (κ1) is 24.5. The van der Waals surface area contributed by atoms with Gasteiger partial charge in [-0.3, -0.25) is 14.5 Å². The van der Waals surface area contributed by atoms with E-state index in [9.17, 15) is 22.8 Å². The van der Waals surface area contributed by atoms with Gasteiger partial charge in [-0.05, 0) is 63.0 Å². The second-order valence-electron chi connectivity index (χ2n) is 10.1. The zero-order valence-corrected chi connectivity index (χ0v) is 20.6. The van der Waals surface area contributed by atoms with Crippen LogP contribution in [-0.2, 0) is 15.8 Å². The summed E-state index contributed by atoms with van der Waals surface area (Å²) in [6.07, 6.45) is -3.48. The molecule has 194 valence electrons. The molecule has 0 bridgehead atoms. The summed E-state index contributed by atoms with van der Waals surface area (Å²) >= 11 is 0. The van der Waals surface area contributed by atoms with Crippen LogP contribution in [0.15, 0.2) is 30.3 Å². The summed E-state index contributed by atoms with van der Waals surface area (Å²) in [6.45, 7) is 6.55. The van der Waals surface area contributed by atoms with Crippen LogP contribution in [0.4, 0.5) is 30.4 Å². The molecule has 1 aromatic carbocycles. The van der Waals surface area contributed by atoms with Crippen LogP contribution in [0.25, 0.3) is 0 Å². The third kappa shape index (κ3) is 4.31. The molecule has 10 heteroatoms. The highest BCUT2D eigenvalue weighted by Gasteiger charge is 2.49. The Bertz CT molecular complexity index is 1200. The monoisotopic (exact) mass is 503 g/mol. The van der Waals surface area contributed by atoms with E-state index in [2.05, 4.69) is 15.2 Å². The first-order valence-corrected chi connectivity index (χ1v) is 12.3. The Labute approximate surface area is 209 Å². The SMILES string of the molecule is Cc1cc(C(F)(F)F)cc(N2C(=O)C[C@@H]3CN(C[C@H]4CCNC4)c4c(C)cccc4N(C)C(=O)[C@H]32)n1.[HH]. The van der Waals surface area contributed by atoms with Gasteiger partial charge in [0.2, 0.25) is 11.8 Å². The van der Waals surface area contributed by atoms with Gasteiger partial charge in [-0.15, -0.1) is 0 Å². The maximum atomic E-state index is 13.9. The fourth-order valence-electron chi connectivity index (χ4n) is 5.85. The van der Waals surface area contributed by atoms with Crippen LogP contribution in [-0.4, -0.2) is 56.1 Å². The van der Waals surface area contributed by atoms with Crippen LogP contribution in [0.2, 0.25) is 0 Å². The molecule has 5 rings (SSSR count). The summed E-state index contributed by atoms with van der Waals surface area (Å²) in [6, 6.07) is 6.67. The van der Waals surface area contributed by atoms with Crippen LogP contribution in [0.3, 0.4) is 0 Å². The van der Waals surface area contributed by atoms with Gasteiger partial charge in [-0.25, -0.2) is 4.98 Å². The zero-order valence-electron chi connectivity index (χ0n) is 20.6. The number of para-hydroxylation sites is 1. The molecule has 1 N–H and O–H groups in total. The minimum Gasteiger partial charge on any atom is -0.369 e. The van der Waals surface area contributed by atoms with Crippen molar-refractivity contribution in [1.29, 1.82) is 0 Å². The fourth-order valence-corrected chi connectivity index (χ4v) is 5.85. The summed E-state index contributed by atoms with van der Waals surface area (Å²) in [5.41, 5.74) is 1.99. The quantitative estimate of drug-likeness (QED) is 0.691. The number of hydrogen-bond donors (Lipinski definition) is 1. The lowest BCUT2D eigenvalue weighted by Crippen LogP contribution is -2.53. The Morgan fingerprint density at radius 1 is 1.19 bits per heavy atom. The predicted molar refractivity (Wildman–Crippen MR) is 133 cm³/mol. The topological polar surface area (TPSA) is 68.8 Å². The molecular formula is C26H32F3N5O2. The molecule has 0 radical (unpaired) electrons. The first-order chi connectivity index (χ1) is 17.0. The van der Waals surface area contributed by atoms with Gasteiger partial charge in [0.1, 0.15) is 11.9 Å². The van der Waals surface area contributed by atoms with Crippen molar-refractivity contribution in [1.82, 2.24) is 10.3 Å². The van der Waals surface area contributed by atoms with Crippen molar-refractivity contribution < 1.29 is 24.2 Å². The highest BCUT2D eigenvalue weighted by molar-refractivity contribution is 6.10. The van der Waals surface area contributed by atoms with Crippen LogP contribution in [0, 0.1) is 25.7 Å². The number of fused-ring (bicyclic) bond motifs is 2. The van der Waals surface area contributed by atoms with Crippen LogP contribution >= 0.6 is 0 Å². The van der Waals surface area contributed by atoms with Crippen molar-refractivity contribution in [3.05, 3.63) is 47.2 Å². The van der Waals surface area contributed by atoms with E-state index in [4.69, 9.17) is 0 Å². The third-order valence-electron chi connectivity index (χ3n) is 7.52. The van der Waals surface area contributed by atoms with Gasteiger partial charge in [0.15, 0.2) is 0 Å². The number of rotatable bonds is 3. The lowest BCUT2D eigenvalue weighted by atomic mass is 9.94. The summed E-state index contributed by atoms with van der Waals surface area (Å²) in [5, 5.41) is 3.40. The van der Waals surface area contributed by atoms with Gasteiger partial charge in [-0.1, -0.05) is 12.1 Å². The van der Waals surface area contributed by atoms with Gasteiger partial charge in [0.05, 0.1) is 16.9 Å². The zero-order chi connectivity index (χ0) is 25.8. The van der Waals surface area contributed by atoms with Gasteiger partial charge < -0.3 is 15.1 Å². The van der Waals surface area contributed by atoms with Crippen molar-refractivity contribution in [3.8, 4) is 0 Å². The fraction of sp³-hybridized carbons (Fsp3) is 0.500. The van der Waals surface area contributed by atoms with Crippen LogP contribution in [0.1, 0.15) is 31.1 Å². The number of pyridine rings is 1. The van der Waals surface area contributed by atoms with Gasteiger partial charge in [0.25, 0.3) is 0 Å². The lowest BCUT2D eigenvalue weighted by molar-refractivity contribution is -0.137. The highest BCUT2D eigenvalue weighted by Crippen LogP contribution is 2.42. The maximum absolute atomic E-state index is 13.9. The number of anilines is 3. The Balaban J connectivity index is 0.00000320. The Morgan fingerprint density at radius 3 is 2.67 bits per heavy atom. The number of aryl methyl sites for hydroxylation is 2. The number of halogens is 3. The van der Waals surface area contributed by atoms with Gasteiger partial charge >= 0.3 is 6.18 Å². The lowest BCUT2D eigenvalue weighted by Gasteiger charge is -2.40. The molecular weight excluding hydrogens is 471 g/mol. The van der Waals surface area contributed by atoms with Crippen molar-refractivity contribution in [3.63, 3.8) is 0 Å².